The van der Waals surface area contributed by atoms with Crippen LogP contribution in [-0.4, -0.2) is 45.9 Å². The maximum Gasteiger partial charge on any atom is 0.408 e. The lowest BCUT2D eigenvalue weighted by Gasteiger charge is -2.42. The molecule has 5 rings (SSSR count). The fourth-order valence-electron chi connectivity index (χ4n) is 3.97. The van der Waals surface area contributed by atoms with Gasteiger partial charge in [-0.2, -0.15) is 4.98 Å². The van der Waals surface area contributed by atoms with E-state index in [2.05, 4.69) is 15.5 Å². The number of rotatable bonds is 4. The van der Waals surface area contributed by atoms with Crippen LogP contribution in [0, 0.1) is 0 Å². The molecule has 0 saturated carbocycles. The van der Waals surface area contributed by atoms with E-state index in [1.807, 2.05) is 12.1 Å². The van der Waals surface area contributed by atoms with Gasteiger partial charge in [0, 0.05) is 16.5 Å². The van der Waals surface area contributed by atoms with Gasteiger partial charge in [0.2, 0.25) is 5.82 Å². The van der Waals surface area contributed by atoms with Crippen LogP contribution >= 0.6 is 11.6 Å². The van der Waals surface area contributed by atoms with Gasteiger partial charge < -0.3 is 33.6 Å². The van der Waals surface area contributed by atoms with Gasteiger partial charge in [0.05, 0.1) is 18.2 Å². The molecular formula is C27H28ClN3O7. The number of carbonyl (C=O) groups excluding carboxylic acids is 1. The standard InChI is InChI=1S/C27H28ClN3O7/c1-25(2,3)37-24(33)30-27(13-34-26(4,5)35-14-27)21-12-17-10-15(7-9-20(17)36-21)22-29-23(38-31-22)16-6-8-19(32)18(28)11-16/h6-12,32H,13-14H2,1-5H3,(H,30,33). The summed E-state index contributed by atoms with van der Waals surface area (Å²) in [7, 11) is 0. The lowest BCUT2D eigenvalue weighted by atomic mass is 9.96. The number of hydrogen-bond acceptors (Lipinski definition) is 9. The first-order valence-corrected chi connectivity index (χ1v) is 12.4. The van der Waals surface area contributed by atoms with Crippen molar-refractivity contribution in [1.82, 2.24) is 15.5 Å². The molecule has 1 aliphatic rings. The van der Waals surface area contributed by atoms with Gasteiger partial charge in [-0.25, -0.2) is 4.79 Å². The molecule has 11 heteroatoms. The van der Waals surface area contributed by atoms with E-state index in [0.29, 0.717) is 28.3 Å². The smallest absolute Gasteiger partial charge is 0.408 e. The minimum absolute atomic E-state index is 0.0346. The third kappa shape index (κ3) is 5.33. The first-order chi connectivity index (χ1) is 17.8. The second kappa shape index (κ2) is 9.30. The predicted molar refractivity (Wildman–Crippen MR) is 139 cm³/mol. The molecule has 0 aliphatic carbocycles. The summed E-state index contributed by atoms with van der Waals surface area (Å²) < 4.78 is 28.9. The molecule has 1 aliphatic heterocycles. The van der Waals surface area contributed by atoms with E-state index in [4.69, 9.17) is 34.8 Å². The summed E-state index contributed by atoms with van der Waals surface area (Å²) in [4.78, 5) is 17.2. The maximum atomic E-state index is 12.7. The summed E-state index contributed by atoms with van der Waals surface area (Å²) in [5.41, 5.74) is 0.0744. The Bertz CT molecular complexity index is 1490. The highest BCUT2D eigenvalue weighted by molar-refractivity contribution is 6.32. The van der Waals surface area contributed by atoms with Crippen LogP contribution in [-0.2, 0) is 19.7 Å². The number of halogens is 1. The zero-order chi connectivity index (χ0) is 27.3. The number of nitrogens with one attached hydrogen (secondary N) is 1. The molecular weight excluding hydrogens is 514 g/mol. The van der Waals surface area contributed by atoms with Crippen LogP contribution in [0.4, 0.5) is 4.79 Å². The molecule has 2 aromatic heterocycles. The normalized spacial score (nSPS) is 16.9. The molecule has 3 heterocycles. The van der Waals surface area contributed by atoms with E-state index in [9.17, 15) is 9.90 Å². The topological polar surface area (TPSA) is 129 Å². The Morgan fingerprint density at radius 2 is 1.79 bits per heavy atom. The van der Waals surface area contributed by atoms with Crippen LogP contribution in [0.5, 0.6) is 5.75 Å². The Labute approximate surface area is 223 Å². The Balaban J connectivity index is 1.46. The number of ether oxygens (including phenoxy) is 3. The number of fused-ring (bicyclic) bond motifs is 1. The zero-order valence-corrected chi connectivity index (χ0v) is 22.4. The molecule has 2 N–H and O–H groups in total. The van der Waals surface area contributed by atoms with Gasteiger partial charge in [0.1, 0.15) is 28.2 Å². The van der Waals surface area contributed by atoms with Crippen LogP contribution in [0.15, 0.2) is 51.4 Å². The van der Waals surface area contributed by atoms with E-state index in [0.717, 1.165) is 5.39 Å². The van der Waals surface area contributed by atoms with Gasteiger partial charge in [-0.3, -0.25) is 0 Å². The average Bonchev–Trinajstić information content (AvgIpc) is 3.48. The van der Waals surface area contributed by atoms with Crippen molar-refractivity contribution in [3.05, 3.63) is 53.2 Å². The van der Waals surface area contributed by atoms with Crippen LogP contribution < -0.4 is 5.32 Å². The molecule has 0 spiro atoms. The number of phenolic OH excluding ortho intramolecular Hbond substituents is 1. The van der Waals surface area contributed by atoms with Gasteiger partial charge >= 0.3 is 6.09 Å². The maximum absolute atomic E-state index is 12.7. The molecule has 2 aromatic carbocycles. The molecule has 0 bridgehead atoms. The fourth-order valence-corrected chi connectivity index (χ4v) is 4.15. The van der Waals surface area contributed by atoms with Crippen molar-refractivity contribution in [3.8, 4) is 28.6 Å². The summed E-state index contributed by atoms with van der Waals surface area (Å²) in [6.45, 7) is 9.22. The van der Waals surface area contributed by atoms with Crippen LogP contribution in [0.3, 0.4) is 0 Å². The van der Waals surface area contributed by atoms with Crippen molar-refractivity contribution < 1.29 is 33.1 Å². The van der Waals surface area contributed by atoms with Crippen LogP contribution in [0.25, 0.3) is 33.8 Å². The number of alkyl carbamates (subject to hydrolysis) is 1. The molecule has 1 amide bonds. The molecule has 0 radical (unpaired) electrons. The highest BCUT2D eigenvalue weighted by Gasteiger charge is 2.46. The van der Waals surface area contributed by atoms with Crippen molar-refractivity contribution in [3.63, 3.8) is 0 Å². The summed E-state index contributed by atoms with van der Waals surface area (Å²) >= 11 is 6.01. The van der Waals surface area contributed by atoms with Gasteiger partial charge in [0.15, 0.2) is 5.79 Å². The van der Waals surface area contributed by atoms with Crippen molar-refractivity contribution in [2.24, 2.45) is 0 Å². The average molecular weight is 542 g/mol. The number of hydrogen-bond donors (Lipinski definition) is 2. The molecule has 0 unspecified atom stereocenters. The number of furan rings is 1. The summed E-state index contributed by atoms with van der Waals surface area (Å²) in [6, 6.07) is 11.9. The molecule has 200 valence electrons. The van der Waals surface area contributed by atoms with Crippen molar-refractivity contribution in [2.75, 3.05) is 13.2 Å². The summed E-state index contributed by atoms with van der Waals surface area (Å²) in [6.07, 6.45) is -0.612. The zero-order valence-electron chi connectivity index (χ0n) is 21.6. The Kier molecular flexibility index (Phi) is 6.37. The number of benzene rings is 2. The minimum atomic E-state index is -1.10. The summed E-state index contributed by atoms with van der Waals surface area (Å²) in [5, 5.41) is 17.6. The number of phenols is 1. The minimum Gasteiger partial charge on any atom is -0.506 e. The van der Waals surface area contributed by atoms with Crippen molar-refractivity contribution in [1.29, 1.82) is 0 Å². The van der Waals surface area contributed by atoms with E-state index in [-0.39, 0.29) is 29.9 Å². The molecule has 1 fully saturated rings. The number of aromatic hydroxyl groups is 1. The largest absolute Gasteiger partial charge is 0.506 e. The molecule has 4 aromatic rings. The molecule has 1 saturated heterocycles. The first kappa shape index (κ1) is 26.0. The fraction of sp³-hybridized carbons (Fsp3) is 0.370. The van der Waals surface area contributed by atoms with Gasteiger partial charge in [0.25, 0.3) is 5.89 Å². The van der Waals surface area contributed by atoms with Crippen LogP contribution in [0.1, 0.15) is 40.4 Å². The Hall–Kier alpha value is -3.60. The van der Waals surface area contributed by atoms with Crippen molar-refractivity contribution >= 4 is 28.7 Å². The molecule has 10 nitrogen and oxygen atoms in total. The van der Waals surface area contributed by atoms with Gasteiger partial charge in [-0.15, -0.1) is 0 Å². The number of nitrogens with zero attached hydrogens (tertiary/aromatic N) is 2. The predicted octanol–water partition coefficient (Wildman–Crippen LogP) is 6.01. The van der Waals surface area contributed by atoms with E-state index >= 15 is 0 Å². The SMILES string of the molecule is CC(C)(C)OC(=O)NC1(c2cc3cc(-c4noc(-c5ccc(O)c(Cl)c5)n4)ccc3o2)COC(C)(C)OC1. The monoisotopic (exact) mass is 541 g/mol. The third-order valence-electron chi connectivity index (χ3n) is 5.94. The molecule has 38 heavy (non-hydrogen) atoms. The van der Waals surface area contributed by atoms with E-state index in [1.54, 1.807) is 58.9 Å². The number of carbonyl (C=O) groups is 1. The summed E-state index contributed by atoms with van der Waals surface area (Å²) in [5.74, 6) is 0.235. The second-order valence-electron chi connectivity index (χ2n) is 10.6. The second-order valence-corrected chi connectivity index (χ2v) is 11.0. The Morgan fingerprint density at radius 3 is 2.47 bits per heavy atom. The highest BCUT2D eigenvalue weighted by atomic mass is 35.5. The highest BCUT2D eigenvalue weighted by Crippen LogP contribution is 2.36. The van der Waals surface area contributed by atoms with Gasteiger partial charge in [-0.1, -0.05) is 16.8 Å². The van der Waals surface area contributed by atoms with Crippen LogP contribution in [0.2, 0.25) is 5.02 Å². The lowest BCUT2D eigenvalue weighted by molar-refractivity contribution is -0.274. The Morgan fingerprint density at radius 1 is 1.08 bits per heavy atom. The third-order valence-corrected chi connectivity index (χ3v) is 6.24. The van der Waals surface area contributed by atoms with E-state index < -0.39 is 23.0 Å². The first-order valence-electron chi connectivity index (χ1n) is 12.0. The quantitative estimate of drug-likeness (QED) is 0.319. The molecule has 0 atom stereocenters. The van der Waals surface area contributed by atoms with Crippen molar-refractivity contribution in [2.45, 2.75) is 51.5 Å². The number of amides is 1. The number of aromatic nitrogens is 2. The lowest BCUT2D eigenvalue weighted by Crippen LogP contribution is -2.59. The van der Waals surface area contributed by atoms with Gasteiger partial charge in [-0.05, 0) is 77.1 Å². The van der Waals surface area contributed by atoms with E-state index in [1.165, 1.54) is 6.07 Å².